The van der Waals surface area contributed by atoms with Crippen molar-refractivity contribution in [1.29, 1.82) is 0 Å². The standard InChI is InChI=1S/C8H8ClFO3S/c1-2-13-7-4-3-6(10)5-8(7)14(9,11)12/h3-5H,2H2,1H3. The molecule has 0 bridgehead atoms. The zero-order valence-electron chi connectivity index (χ0n) is 7.33. The summed E-state index contributed by atoms with van der Waals surface area (Å²) in [5, 5.41) is 0. The Balaban J connectivity index is 3.30. The third kappa shape index (κ3) is 2.59. The van der Waals surface area contributed by atoms with Crippen molar-refractivity contribution in [2.45, 2.75) is 11.8 Å². The maximum absolute atomic E-state index is 12.7. The Morgan fingerprint density at radius 1 is 1.50 bits per heavy atom. The number of hydrogen-bond donors (Lipinski definition) is 0. The third-order valence-electron chi connectivity index (χ3n) is 1.47. The van der Waals surface area contributed by atoms with E-state index in [1.807, 2.05) is 0 Å². The third-order valence-corrected chi connectivity index (χ3v) is 2.81. The molecule has 0 aliphatic heterocycles. The molecule has 0 fully saturated rings. The maximum Gasteiger partial charge on any atom is 0.265 e. The van der Waals surface area contributed by atoms with Crippen LogP contribution in [0.3, 0.4) is 0 Å². The Kier molecular flexibility index (Phi) is 3.34. The van der Waals surface area contributed by atoms with Crippen molar-refractivity contribution in [2.24, 2.45) is 0 Å². The van der Waals surface area contributed by atoms with Gasteiger partial charge in [-0.3, -0.25) is 0 Å². The van der Waals surface area contributed by atoms with E-state index in [-0.39, 0.29) is 17.3 Å². The first-order valence-electron chi connectivity index (χ1n) is 3.82. The van der Waals surface area contributed by atoms with Crippen LogP contribution in [0.5, 0.6) is 5.75 Å². The Bertz CT molecular complexity index is 430. The highest BCUT2D eigenvalue weighted by Crippen LogP contribution is 2.27. The van der Waals surface area contributed by atoms with Gasteiger partial charge in [0.25, 0.3) is 9.05 Å². The number of benzene rings is 1. The van der Waals surface area contributed by atoms with E-state index in [2.05, 4.69) is 0 Å². The molecule has 0 aliphatic carbocycles. The highest BCUT2D eigenvalue weighted by Gasteiger charge is 2.17. The first-order valence-corrected chi connectivity index (χ1v) is 6.13. The number of halogens is 2. The first kappa shape index (κ1) is 11.3. The summed E-state index contributed by atoms with van der Waals surface area (Å²) in [4.78, 5) is -0.346. The number of hydrogen-bond acceptors (Lipinski definition) is 3. The molecule has 0 amide bonds. The van der Waals surface area contributed by atoms with Gasteiger partial charge in [-0.1, -0.05) is 0 Å². The van der Waals surface area contributed by atoms with Crippen LogP contribution >= 0.6 is 10.7 Å². The lowest BCUT2D eigenvalue weighted by Crippen LogP contribution is -1.99. The SMILES string of the molecule is CCOc1ccc(F)cc1S(=O)(=O)Cl. The Hall–Kier alpha value is -0.810. The van der Waals surface area contributed by atoms with Gasteiger partial charge in [0.15, 0.2) is 0 Å². The van der Waals surface area contributed by atoms with Gasteiger partial charge in [0.05, 0.1) is 6.61 Å². The van der Waals surface area contributed by atoms with E-state index in [1.54, 1.807) is 6.92 Å². The topological polar surface area (TPSA) is 43.4 Å². The Morgan fingerprint density at radius 2 is 2.14 bits per heavy atom. The minimum absolute atomic E-state index is 0.0592. The molecule has 0 unspecified atom stereocenters. The van der Waals surface area contributed by atoms with Crippen molar-refractivity contribution >= 4 is 19.7 Å². The van der Waals surface area contributed by atoms with Gasteiger partial charge in [0.2, 0.25) is 0 Å². The average Bonchev–Trinajstić information content (AvgIpc) is 2.07. The lowest BCUT2D eigenvalue weighted by atomic mass is 10.3. The molecular weight excluding hydrogens is 231 g/mol. The van der Waals surface area contributed by atoms with Crippen LogP contribution in [0, 0.1) is 5.82 Å². The largest absolute Gasteiger partial charge is 0.492 e. The molecule has 0 aliphatic rings. The van der Waals surface area contributed by atoms with Crippen LogP contribution in [0.4, 0.5) is 4.39 Å². The fourth-order valence-electron chi connectivity index (χ4n) is 0.947. The monoisotopic (exact) mass is 238 g/mol. The van der Waals surface area contributed by atoms with Gasteiger partial charge in [-0.25, -0.2) is 12.8 Å². The Labute approximate surface area is 85.9 Å². The fourth-order valence-corrected chi connectivity index (χ4v) is 1.93. The average molecular weight is 239 g/mol. The van der Waals surface area contributed by atoms with Crippen molar-refractivity contribution in [3.05, 3.63) is 24.0 Å². The Morgan fingerprint density at radius 3 is 2.64 bits per heavy atom. The highest BCUT2D eigenvalue weighted by atomic mass is 35.7. The molecular formula is C8H8ClFO3S. The predicted molar refractivity (Wildman–Crippen MR) is 50.6 cm³/mol. The summed E-state index contributed by atoms with van der Waals surface area (Å²) < 4.78 is 39.7. The van der Waals surface area contributed by atoms with Crippen LogP contribution in [0.15, 0.2) is 23.1 Å². The van der Waals surface area contributed by atoms with Crippen molar-refractivity contribution in [2.75, 3.05) is 6.61 Å². The summed E-state index contributed by atoms with van der Waals surface area (Å²) in [5.74, 6) is -0.614. The van der Waals surface area contributed by atoms with Crippen molar-refractivity contribution in [3.63, 3.8) is 0 Å². The molecule has 0 aromatic heterocycles. The molecule has 0 saturated heterocycles. The minimum Gasteiger partial charge on any atom is -0.492 e. The highest BCUT2D eigenvalue weighted by molar-refractivity contribution is 8.13. The molecule has 0 spiro atoms. The van der Waals surface area contributed by atoms with E-state index in [9.17, 15) is 12.8 Å². The lowest BCUT2D eigenvalue weighted by Gasteiger charge is -2.06. The molecule has 0 heterocycles. The van der Waals surface area contributed by atoms with Crippen molar-refractivity contribution in [1.82, 2.24) is 0 Å². The zero-order chi connectivity index (χ0) is 10.8. The van der Waals surface area contributed by atoms with E-state index in [0.717, 1.165) is 12.1 Å². The molecule has 78 valence electrons. The van der Waals surface area contributed by atoms with Crippen molar-refractivity contribution in [3.8, 4) is 5.75 Å². The van der Waals surface area contributed by atoms with Gasteiger partial charge >= 0.3 is 0 Å². The van der Waals surface area contributed by atoms with Crippen LogP contribution in [0.2, 0.25) is 0 Å². The summed E-state index contributed by atoms with van der Waals surface area (Å²) in [6.45, 7) is 1.97. The molecule has 3 nitrogen and oxygen atoms in total. The second-order valence-corrected chi connectivity index (χ2v) is 5.00. The minimum atomic E-state index is -3.97. The summed E-state index contributed by atoms with van der Waals surface area (Å²) in [7, 11) is 1.13. The molecule has 0 saturated carbocycles. The molecule has 14 heavy (non-hydrogen) atoms. The van der Waals surface area contributed by atoms with Gasteiger partial charge in [0.1, 0.15) is 16.5 Å². The van der Waals surface area contributed by atoms with Crippen LogP contribution in [-0.2, 0) is 9.05 Å². The molecule has 1 rings (SSSR count). The summed E-state index contributed by atoms with van der Waals surface area (Å²) in [5.41, 5.74) is 0. The van der Waals surface area contributed by atoms with E-state index in [4.69, 9.17) is 15.4 Å². The van der Waals surface area contributed by atoms with Gasteiger partial charge in [-0.2, -0.15) is 0 Å². The molecule has 1 aromatic carbocycles. The van der Waals surface area contributed by atoms with E-state index in [0.29, 0.717) is 0 Å². The molecule has 6 heteroatoms. The van der Waals surface area contributed by atoms with Gasteiger partial charge < -0.3 is 4.74 Å². The normalized spacial score (nSPS) is 11.4. The summed E-state index contributed by atoms with van der Waals surface area (Å²) >= 11 is 0. The van der Waals surface area contributed by atoms with Crippen LogP contribution in [0.1, 0.15) is 6.92 Å². The van der Waals surface area contributed by atoms with E-state index in [1.165, 1.54) is 6.07 Å². The van der Waals surface area contributed by atoms with Crippen LogP contribution in [0.25, 0.3) is 0 Å². The molecule has 0 N–H and O–H groups in total. The van der Waals surface area contributed by atoms with Gasteiger partial charge in [-0.05, 0) is 25.1 Å². The molecule has 0 atom stereocenters. The zero-order valence-corrected chi connectivity index (χ0v) is 8.90. The van der Waals surface area contributed by atoms with E-state index < -0.39 is 14.9 Å². The van der Waals surface area contributed by atoms with Crippen LogP contribution in [-0.4, -0.2) is 15.0 Å². The summed E-state index contributed by atoms with van der Waals surface area (Å²) in [6, 6.07) is 3.16. The fraction of sp³-hybridized carbons (Fsp3) is 0.250. The number of rotatable bonds is 3. The quantitative estimate of drug-likeness (QED) is 0.758. The summed E-state index contributed by atoms with van der Waals surface area (Å²) in [6.07, 6.45) is 0. The predicted octanol–water partition coefficient (Wildman–Crippen LogP) is 2.15. The lowest BCUT2D eigenvalue weighted by molar-refractivity contribution is 0.330. The second-order valence-electron chi connectivity index (χ2n) is 2.46. The first-order chi connectivity index (χ1) is 6.45. The van der Waals surface area contributed by atoms with Gasteiger partial charge in [0, 0.05) is 10.7 Å². The second kappa shape index (κ2) is 4.14. The van der Waals surface area contributed by atoms with Crippen molar-refractivity contribution < 1.29 is 17.5 Å². The molecule has 0 radical (unpaired) electrons. The van der Waals surface area contributed by atoms with E-state index >= 15 is 0 Å². The maximum atomic E-state index is 12.7. The smallest absolute Gasteiger partial charge is 0.265 e. The molecule has 1 aromatic rings. The number of ether oxygens (including phenoxy) is 1. The van der Waals surface area contributed by atoms with Crippen LogP contribution < -0.4 is 4.74 Å². The van der Waals surface area contributed by atoms with Gasteiger partial charge in [-0.15, -0.1) is 0 Å².